The van der Waals surface area contributed by atoms with Crippen LogP contribution in [0.15, 0.2) is 30.3 Å². The molecule has 3 N–H and O–H groups in total. The van der Waals surface area contributed by atoms with Crippen LogP contribution in [0.5, 0.6) is 0 Å². The molecule has 2 heteroatoms. The lowest BCUT2D eigenvalue weighted by Gasteiger charge is -2.31. The molecule has 2 unspecified atom stereocenters. The van der Waals surface area contributed by atoms with E-state index in [4.69, 9.17) is 5.73 Å². The zero-order valence-corrected chi connectivity index (χ0v) is 11.0. The molecule has 0 radical (unpaired) electrons. The Bertz CT molecular complexity index is 312. The monoisotopic (exact) mass is 235 g/mol. The number of aliphatic hydroxyl groups is 1. The highest BCUT2D eigenvalue weighted by Gasteiger charge is 2.29. The number of unbranched alkanes of at least 4 members (excludes halogenated alkanes) is 1. The first-order valence-corrected chi connectivity index (χ1v) is 6.60. The zero-order chi connectivity index (χ0) is 12.7. The van der Waals surface area contributed by atoms with Crippen LogP contribution in [0.3, 0.4) is 0 Å². The SMILES string of the molecule is CCCCC(O)(CC(C)CN)c1ccccc1. The molecule has 0 bridgehead atoms. The molecular weight excluding hydrogens is 210 g/mol. The maximum absolute atomic E-state index is 10.9. The average molecular weight is 235 g/mol. The van der Waals surface area contributed by atoms with Crippen LogP contribution in [-0.2, 0) is 5.60 Å². The minimum Gasteiger partial charge on any atom is -0.385 e. The number of hydrogen-bond donors (Lipinski definition) is 2. The Balaban J connectivity index is 2.85. The first kappa shape index (κ1) is 14.2. The topological polar surface area (TPSA) is 46.2 Å². The second-order valence-electron chi connectivity index (χ2n) is 5.05. The van der Waals surface area contributed by atoms with E-state index in [0.29, 0.717) is 12.5 Å². The molecule has 0 aliphatic rings. The number of benzene rings is 1. The second kappa shape index (κ2) is 6.77. The third kappa shape index (κ3) is 4.14. The normalized spacial score (nSPS) is 16.5. The second-order valence-corrected chi connectivity index (χ2v) is 5.05. The summed E-state index contributed by atoms with van der Waals surface area (Å²) >= 11 is 0. The molecule has 0 fully saturated rings. The van der Waals surface area contributed by atoms with Crippen molar-refractivity contribution in [3.63, 3.8) is 0 Å². The van der Waals surface area contributed by atoms with E-state index < -0.39 is 5.60 Å². The van der Waals surface area contributed by atoms with Gasteiger partial charge in [0.2, 0.25) is 0 Å². The van der Waals surface area contributed by atoms with E-state index in [1.807, 2.05) is 30.3 Å². The highest BCUT2D eigenvalue weighted by atomic mass is 16.3. The van der Waals surface area contributed by atoms with Crippen molar-refractivity contribution in [1.82, 2.24) is 0 Å². The van der Waals surface area contributed by atoms with Gasteiger partial charge >= 0.3 is 0 Å². The van der Waals surface area contributed by atoms with Crippen molar-refractivity contribution in [2.45, 2.75) is 45.1 Å². The molecule has 1 aromatic carbocycles. The highest BCUT2D eigenvalue weighted by Crippen LogP contribution is 2.33. The van der Waals surface area contributed by atoms with Crippen LogP contribution < -0.4 is 5.73 Å². The molecule has 0 saturated carbocycles. The van der Waals surface area contributed by atoms with Crippen LogP contribution in [0, 0.1) is 5.92 Å². The lowest BCUT2D eigenvalue weighted by atomic mass is 9.81. The quantitative estimate of drug-likeness (QED) is 0.763. The maximum atomic E-state index is 10.9. The molecule has 2 atom stereocenters. The smallest absolute Gasteiger partial charge is 0.0899 e. The Morgan fingerprint density at radius 2 is 1.94 bits per heavy atom. The fourth-order valence-electron chi connectivity index (χ4n) is 2.24. The fraction of sp³-hybridized carbons (Fsp3) is 0.600. The van der Waals surface area contributed by atoms with Gasteiger partial charge in [-0.15, -0.1) is 0 Å². The van der Waals surface area contributed by atoms with E-state index in [2.05, 4.69) is 13.8 Å². The van der Waals surface area contributed by atoms with Crippen LogP contribution >= 0.6 is 0 Å². The summed E-state index contributed by atoms with van der Waals surface area (Å²) in [6, 6.07) is 9.98. The van der Waals surface area contributed by atoms with Gasteiger partial charge in [-0.2, -0.15) is 0 Å². The first-order valence-electron chi connectivity index (χ1n) is 6.60. The number of rotatable bonds is 7. The standard InChI is InChI=1S/C15H25NO/c1-3-4-10-15(17,11-13(2)12-16)14-8-6-5-7-9-14/h5-9,13,17H,3-4,10-12,16H2,1-2H3. The van der Waals surface area contributed by atoms with E-state index in [9.17, 15) is 5.11 Å². The molecule has 0 saturated heterocycles. The van der Waals surface area contributed by atoms with E-state index >= 15 is 0 Å². The minimum absolute atomic E-state index is 0.345. The van der Waals surface area contributed by atoms with Gasteiger partial charge in [0.25, 0.3) is 0 Å². The van der Waals surface area contributed by atoms with Gasteiger partial charge in [-0.05, 0) is 30.9 Å². The van der Waals surface area contributed by atoms with Crippen molar-refractivity contribution < 1.29 is 5.11 Å². The summed E-state index contributed by atoms with van der Waals surface area (Å²) in [4.78, 5) is 0. The van der Waals surface area contributed by atoms with Gasteiger partial charge in [0.1, 0.15) is 0 Å². The summed E-state index contributed by atoms with van der Waals surface area (Å²) in [6.07, 6.45) is 3.71. The Morgan fingerprint density at radius 1 is 1.29 bits per heavy atom. The Kier molecular flexibility index (Phi) is 5.66. The average Bonchev–Trinajstić information content (AvgIpc) is 2.37. The van der Waals surface area contributed by atoms with Gasteiger partial charge in [0, 0.05) is 0 Å². The van der Waals surface area contributed by atoms with E-state index in [0.717, 1.165) is 31.2 Å². The highest BCUT2D eigenvalue weighted by molar-refractivity contribution is 5.22. The van der Waals surface area contributed by atoms with Crippen molar-refractivity contribution >= 4 is 0 Å². The molecule has 96 valence electrons. The summed E-state index contributed by atoms with van der Waals surface area (Å²) in [5, 5.41) is 10.9. The molecule has 17 heavy (non-hydrogen) atoms. The van der Waals surface area contributed by atoms with Gasteiger partial charge in [-0.1, -0.05) is 57.0 Å². The summed E-state index contributed by atoms with van der Waals surface area (Å²) in [5.74, 6) is 0.345. The van der Waals surface area contributed by atoms with E-state index in [1.54, 1.807) is 0 Å². The molecule has 0 aromatic heterocycles. The van der Waals surface area contributed by atoms with Gasteiger partial charge in [0.05, 0.1) is 5.60 Å². The van der Waals surface area contributed by atoms with E-state index in [1.165, 1.54) is 0 Å². The van der Waals surface area contributed by atoms with Crippen LogP contribution in [0.1, 0.15) is 45.1 Å². The fourth-order valence-corrected chi connectivity index (χ4v) is 2.24. The van der Waals surface area contributed by atoms with Gasteiger partial charge in [-0.25, -0.2) is 0 Å². The molecule has 0 spiro atoms. The molecular formula is C15H25NO. The minimum atomic E-state index is -0.712. The molecule has 2 nitrogen and oxygen atoms in total. The summed E-state index contributed by atoms with van der Waals surface area (Å²) in [6.45, 7) is 4.87. The van der Waals surface area contributed by atoms with Crippen molar-refractivity contribution in [3.05, 3.63) is 35.9 Å². The van der Waals surface area contributed by atoms with Crippen molar-refractivity contribution in [1.29, 1.82) is 0 Å². The van der Waals surface area contributed by atoms with Gasteiger partial charge in [0.15, 0.2) is 0 Å². The molecule has 0 aliphatic heterocycles. The molecule has 0 amide bonds. The Labute approximate surface area is 105 Å². The third-order valence-electron chi connectivity index (χ3n) is 3.34. The largest absolute Gasteiger partial charge is 0.385 e. The third-order valence-corrected chi connectivity index (χ3v) is 3.34. The summed E-state index contributed by atoms with van der Waals surface area (Å²) < 4.78 is 0. The number of hydrogen-bond acceptors (Lipinski definition) is 2. The van der Waals surface area contributed by atoms with Crippen LogP contribution in [0.4, 0.5) is 0 Å². The van der Waals surface area contributed by atoms with E-state index in [-0.39, 0.29) is 0 Å². The summed E-state index contributed by atoms with van der Waals surface area (Å²) in [5.41, 5.74) is 5.98. The lowest BCUT2D eigenvalue weighted by molar-refractivity contribution is 0.00351. The Hall–Kier alpha value is -0.860. The Morgan fingerprint density at radius 3 is 2.47 bits per heavy atom. The first-order chi connectivity index (χ1) is 8.12. The molecule has 1 aromatic rings. The van der Waals surface area contributed by atoms with Crippen LogP contribution in [0.2, 0.25) is 0 Å². The molecule has 1 rings (SSSR count). The van der Waals surface area contributed by atoms with Crippen molar-refractivity contribution in [2.75, 3.05) is 6.54 Å². The maximum Gasteiger partial charge on any atom is 0.0899 e. The molecule has 0 aliphatic carbocycles. The van der Waals surface area contributed by atoms with Crippen LogP contribution in [0.25, 0.3) is 0 Å². The van der Waals surface area contributed by atoms with Crippen molar-refractivity contribution in [3.8, 4) is 0 Å². The van der Waals surface area contributed by atoms with Gasteiger partial charge < -0.3 is 10.8 Å². The lowest BCUT2D eigenvalue weighted by Crippen LogP contribution is -2.30. The predicted molar refractivity (Wildman–Crippen MR) is 72.7 cm³/mol. The van der Waals surface area contributed by atoms with Crippen molar-refractivity contribution in [2.24, 2.45) is 11.7 Å². The zero-order valence-electron chi connectivity index (χ0n) is 11.0. The molecule has 0 heterocycles. The predicted octanol–water partition coefficient (Wildman–Crippen LogP) is 3.05. The van der Waals surface area contributed by atoms with Crippen LogP contribution in [-0.4, -0.2) is 11.7 Å². The van der Waals surface area contributed by atoms with Gasteiger partial charge in [-0.3, -0.25) is 0 Å². The number of nitrogens with two attached hydrogens (primary N) is 1. The summed E-state index contributed by atoms with van der Waals surface area (Å²) in [7, 11) is 0.